The summed E-state index contributed by atoms with van der Waals surface area (Å²) in [4.78, 5) is 22.7. The van der Waals surface area contributed by atoms with E-state index in [9.17, 15) is 14.0 Å². The third kappa shape index (κ3) is 3.34. The van der Waals surface area contributed by atoms with E-state index in [0.29, 0.717) is 5.69 Å². The average Bonchev–Trinajstić information content (AvgIpc) is 2.79. The van der Waals surface area contributed by atoms with Gasteiger partial charge in [-0.05, 0) is 19.8 Å². The van der Waals surface area contributed by atoms with Gasteiger partial charge in [0.05, 0.1) is 17.8 Å². The maximum Gasteiger partial charge on any atom is 0.328 e. The van der Waals surface area contributed by atoms with Crippen molar-refractivity contribution in [3.05, 3.63) is 17.5 Å². The molecule has 20 heavy (non-hydrogen) atoms. The fourth-order valence-corrected chi connectivity index (χ4v) is 2.05. The van der Waals surface area contributed by atoms with Gasteiger partial charge in [-0.1, -0.05) is 13.8 Å². The summed E-state index contributed by atoms with van der Waals surface area (Å²) in [6.45, 7) is 4.64. The highest BCUT2D eigenvalue weighted by Crippen LogP contribution is 2.19. The molecule has 0 spiro atoms. The van der Waals surface area contributed by atoms with Crippen LogP contribution in [0.25, 0.3) is 0 Å². The number of carboxylic acid groups (broad SMARTS) is 1. The number of nitrogens with one attached hydrogen (secondary N) is 1. The first-order chi connectivity index (χ1) is 9.46. The Balaban J connectivity index is 2.92. The molecular weight excluding hydrogens is 265 g/mol. The highest BCUT2D eigenvalue weighted by molar-refractivity contribution is 5.97. The van der Waals surface area contributed by atoms with E-state index in [2.05, 4.69) is 10.4 Å². The summed E-state index contributed by atoms with van der Waals surface area (Å²) in [5.74, 6) is -2.02. The second-order valence-electron chi connectivity index (χ2n) is 4.58. The van der Waals surface area contributed by atoms with Crippen LogP contribution in [0.3, 0.4) is 0 Å². The normalized spacial score (nSPS) is 12.4. The molecule has 0 radical (unpaired) electrons. The van der Waals surface area contributed by atoms with E-state index in [1.807, 2.05) is 13.8 Å². The Labute approximate surface area is 117 Å². The molecule has 1 aromatic heterocycles. The zero-order valence-electron chi connectivity index (χ0n) is 11.9. The molecule has 0 saturated carbocycles. The molecule has 1 heterocycles. The minimum atomic E-state index is -1.53. The molecule has 0 fully saturated rings. The molecule has 1 amide bonds. The molecule has 0 aromatic carbocycles. The fourth-order valence-electron chi connectivity index (χ4n) is 2.05. The summed E-state index contributed by atoms with van der Waals surface area (Å²) in [7, 11) is 0. The molecule has 1 aromatic rings. The van der Waals surface area contributed by atoms with E-state index in [0.717, 1.165) is 12.8 Å². The first-order valence-electron chi connectivity index (χ1n) is 6.59. The number of amides is 1. The maximum atomic E-state index is 12.5. The van der Waals surface area contributed by atoms with Gasteiger partial charge in [-0.3, -0.25) is 9.48 Å². The number of aromatic nitrogens is 2. The van der Waals surface area contributed by atoms with Gasteiger partial charge in [0.25, 0.3) is 5.91 Å². The molecule has 1 unspecified atom stereocenters. The topological polar surface area (TPSA) is 84.2 Å². The summed E-state index contributed by atoms with van der Waals surface area (Å²) >= 11 is 0. The molecule has 2 N–H and O–H groups in total. The number of carboxylic acids is 1. The van der Waals surface area contributed by atoms with E-state index in [1.165, 1.54) is 6.20 Å². The van der Waals surface area contributed by atoms with Gasteiger partial charge < -0.3 is 10.4 Å². The van der Waals surface area contributed by atoms with Crippen molar-refractivity contribution in [1.29, 1.82) is 0 Å². The number of alkyl halides is 1. The van der Waals surface area contributed by atoms with Gasteiger partial charge in [0.2, 0.25) is 0 Å². The summed E-state index contributed by atoms with van der Waals surface area (Å²) < 4.78 is 14.3. The third-order valence-electron chi connectivity index (χ3n) is 3.34. The minimum absolute atomic E-state index is 0.188. The Kier molecular flexibility index (Phi) is 5.66. The minimum Gasteiger partial charge on any atom is -0.480 e. The van der Waals surface area contributed by atoms with E-state index in [4.69, 9.17) is 5.11 Å². The average molecular weight is 285 g/mol. The lowest BCUT2D eigenvalue weighted by molar-refractivity contribution is -0.139. The smallest absolute Gasteiger partial charge is 0.328 e. The van der Waals surface area contributed by atoms with Crippen LogP contribution in [0.2, 0.25) is 0 Å². The number of nitrogens with zero attached hydrogens (tertiary/aromatic N) is 2. The molecule has 6 nitrogen and oxygen atoms in total. The molecule has 0 aliphatic carbocycles. The van der Waals surface area contributed by atoms with Crippen LogP contribution in [0, 0.1) is 6.92 Å². The summed E-state index contributed by atoms with van der Waals surface area (Å²) in [6, 6.07) is -1.34. The van der Waals surface area contributed by atoms with Crippen molar-refractivity contribution in [2.24, 2.45) is 0 Å². The molecular formula is C13H20FN3O3. The van der Waals surface area contributed by atoms with E-state index in [-0.39, 0.29) is 11.6 Å². The lowest BCUT2D eigenvalue weighted by atomic mass is 10.1. The van der Waals surface area contributed by atoms with Crippen LogP contribution in [0.4, 0.5) is 4.39 Å². The highest BCUT2D eigenvalue weighted by atomic mass is 19.1. The van der Waals surface area contributed by atoms with E-state index in [1.54, 1.807) is 11.6 Å². The molecule has 1 atom stereocenters. The number of hydrogen-bond acceptors (Lipinski definition) is 3. The fraction of sp³-hybridized carbons (Fsp3) is 0.615. The van der Waals surface area contributed by atoms with Crippen molar-refractivity contribution >= 4 is 11.9 Å². The van der Waals surface area contributed by atoms with Crippen LogP contribution in [0.1, 0.15) is 48.8 Å². The van der Waals surface area contributed by atoms with Gasteiger partial charge in [-0.15, -0.1) is 0 Å². The van der Waals surface area contributed by atoms with Gasteiger partial charge in [0.15, 0.2) is 6.04 Å². The van der Waals surface area contributed by atoms with Crippen LogP contribution >= 0.6 is 0 Å². The largest absolute Gasteiger partial charge is 0.480 e. The van der Waals surface area contributed by atoms with Crippen molar-refractivity contribution in [3.63, 3.8) is 0 Å². The summed E-state index contributed by atoms with van der Waals surface area (Å²) in [5.41, 5.74) is 0.927. The Hall–Kier alpha value is -1.92. The Morgan fingerprint density at radius 2 is 2.05 bits per heavy atom. The number of carbonyl (C=O) groups is 2. The monoisotopic (exact) mass is 285 g/mol. The molecule has 0 saturated heterocycles. The first-order valence-corrected chi connectivity index (χ1v) is 6.59. The predicted octanol–water partition coefficient (Wildman–Crippen LogP) is 1.71. The van der Waals surface area contributed by atoms with Gasteiger partial charge in [-0.2, -0.15) is 5.10 Å². The zero-order chi connectivity index (χ0) is 15.3. The molecule has 7 heteroatoms. The number of aliphatic carboxylic acids is 1. The van der Waals surface area contributed by atoms with E-state index >= 15 is 0 Å². The standard InChI is InChI=1S/C13H20FN3O3/c1-4-9(5-2)17-8(3)10(7-15-17)12(18)16-11(6-14)13(19)20/h7,9,11H,4-6H2,1-3H3,(H,16,18)(H,19,20). The number of carbonyl (C=O) groups excluding carboxylic acids is 1. The number of halogens is 1. The SMILES string of the molecule is CCC(CC)n1ncc(C(=O)NC(CF)C(=O)O)c1C. The van der Waals surface area contributed by atoms with Crippen molar-refractivity contribution in [3.8, 4) is 0 Å². The van der Waals surface area contributed by atoms with Crippen LogP contribution in [0.5, 0.6) is 0 Å². The van der Waals surface area contributed by atoms with Gasteiger partial charge in [0, 0.05) is 5.69 Å². The van der Waals surface area contributed by atoms with Crippen LogP contribution in [-0.2, 0) is 4.79 Å². The summed E-state index contributed by atoms with van der Waals surface area (Å²) in [6.07, 6.45) is 3.14. The molecule has 0 aliphatic heterocycles. The summed E-state index contributed by atoms with van der Waals surface area (Å²) in [5, 5.41) is 15.0. The van der Waals surface area contributed by atoms with Crippen LogP contribution in [0.15, 0.2) is 6.20 Å². The van der Waals surface area contributed by atoms with E-state index < -0.39 is 24.6 Å². The second-order valence-corrected chi connectivity index (χ2v) is 4.58. The Bertz CT molecular complexity index is 483. The lowest BCUT2D eigenvalue weighted by Gasteiger charge is -2.15. The zero-order valence-corrected chi connectivity index (χ0v) is 11.9. The van der Waals surface area contributed by atoms with Crippen LogP contribution in [-0.4, -0.2) is 39.5 Å². The Morgan fingerprint density at radius 3 is 2.50 bits per heavy atom. The number of hydrogen-bond donors (Lipinski definition) is 2. The van der Waals surface area contributed by atoms with Crippen LogP contribution < -0.4 is 5.32 Å². The molecule has 0 aliphatic rings. The maximum absolute atomic E-state index is 12.5. The van der Waals surface area contributed by atoms with Crippen molar-refractivity contribution < 1.29 is 19.1 Å². The number of rotatable bonds is 7. The van der Waals surface area contributed by atoms with Crippen molar-refractivity contribution in [2.45, 2.75) is 45.7 Å². The predicted molar refractivity (Wildman–Crippen MR) is 71.4 cm³/mol. The lowest BCUT2D eigenvalue weighted by Crippen LogP contribution is -2.42. The molecule has 112 valence electrons. The van der Waals surface area contributed by atoms with Crippen molar-refractivity contribution in [1.82, 2.24) is 15.1 Å². The highest BCUT2D eigenvalue weighted by Gasteiger charge is 2.23. The van der Waals surface area contributed by atoms with Gasteiger partial charge in [-0.25, -0.2) is 9.18 Å². The third-order valence-corrected chi connectivity index (χ3v) is 3.34. The first kappa shape index (κ1) is 16.1. The van der Waals surface area contributed by atoms with Gasteiger partial charge in [0.1, 0.15) is 6.67 Å². The molecule has 0 bridgehead atoms. The molecule has 1 rings (SSSR count). The quantitative estimate of drug-likeness (QED) is 0.798. The second kappa shape index (κ2) is 7.02. The van der Waals surface area contributed by atoms with Gasteiger partial charge >= 0.3 is 5.97 Å². The Morgan fingerprint density at radius 1 is 1.45 bits per heavy atom. The van der Waals surface area contributed by atoms with Crippen molar-refractivity contribution in [2.75, 3.05) is 6.67 Å².